The lowest BCUT2D eigenvalue weighted by Crippen LogP contribution is -2.00. The Morgan fingerprint density at radius 1 is 1.00 bits per heavy atom. The van der Waals surface area contributed by atoms with Crippen LogP contribution < -0.4 is 5.63 Å². The Hall–Kier alpha value is -2.49. The molecule has 2 N–H and O–H groups in total. The van der Waals surface area contributed by atoms with Crippen LogP contribution in [0.1, 0.15) is 5.56 Å². The van der Waals surface area contributed by atoms with E-state index in [-0.39, 0.29) is 11.5 Å². The van der Waals surface area contributed by atoms with Gasteiger partial charge in [0.05, 0.1) is 5.39 Å². The van der Waals surface area contributed by atoms with Crippen molar-refractivity contribution in [3.63, 3.8) is 0 Å². The van der Waals surface area contributed by atoms with E-state index < -0.39 is 5.63 Å². The first kappa shape index (κ1) is 10.7. The Labute approximate surface area is 102 Å². The topological polar surface area (TPSA) is 70.7 Å². The summed E-state index contributed by atoms with van der Waals surface area (Å²) in [6, 6.07) is 7.60. The summed E-state index contributed by atoms with van der Waals surface area (Å²) < 4.78 is 5.16. The molecular weight excluding hydrogens is 232 g/mol. The zero-order valence-electron chi connectivity index (χ0n) is 9.60. The summed E-state index contributed by atoms with van der Waals surface area (Å²) in [5, 5.41) is 20.7. The summed E-state index contributed by atoms with van der Waals surface area (Å²) in [5.41, 5.74) is 0.624. The number of rotatable bonds is 0. The van der Waals surface area contributed by atoms with Gasteiger partial charge in [0.2, 0.25) is 0 Å². The molecule has 1 heterocycles. The average molecular weight is 242 g/mol. The molecule has 0 unspecified atom stereocenters. The molecule has 2 aromatic carbocycles. The van der Waals surface area contributed by atoms with Gasteiger partial charge in [-0.2, -0.15) is 0 Å². The molecule has 0 aliphatic heterocycles. The third-order valence-electron chi connectivity index (χ3n) is 2.98. The minimum Gasteiger partial charge on any atom is -0.508 e. The molecule has 0 fully saturated rings. The van der Waals surface area contributed by atoms with Crippen molar-refractivity contribution in [1.82, 2.24) is 0 Å². The molecule has 0 amide bonds. The SMILES string of the molecule is Cc1cc(O)cc2oc(=O)c3cc(O)ccc3c12. The summed E-state index contributed by atoms with van der Waals surface area (Å²) in [6.07, 6.45) is 0. The molecule has 3 aromatic rings. The molecule has 0 saturated heterocycles. The minimum absolute atomic E-state index is 0.0191. The van der Waals surface area contributed by atoms with Gasteiger partial charge < -0.3 is 14.6 Å². The van der Waals surface area contributed by atoms with Crippen LogP contribution in [-0.2, 0) is 0 Å². The highest BCUT2D eigenvalue weighted by Gasteiger charge is 2.11. The summed E-state index contributed by atoms with van der Waals surface area (Å²) in [4.78, 5) is 11.8. The molecule has 0 aliphatic carbocycles. The van der Waals surface area contributed by atoms with Crippen LogP contribution in [0.25, 0.3) is 21.7 Å². The van der Waals surface area contributed by atoms with Crippen LogP contribution in [0.2, 0.25) is 0 Å². The molecule has 0 radical (unpaired) electrons. The van der Waals surface area contributed by atoms with Gasteiger partial charge in [-0.05, 0) is 36.8 Å². The Morgan fingerprint density at radius 3 is 2.56 bits per heavy atom. The Morgan fingerprint density at radius 2 is 1.78 bits per heavy atom. The van der Waals surface area contributed by atoms with E-state index >= 15 is 0 Å². The molecule has 1 aromatic heterocycles. The highest BCUT2D eigenvalue weighted by atomic mass is 16.4. The van der Waals surface area contributed by atoms with Gasteiger partial charge in [0.1, 0.15) is 17.1 Å². The number of hydrogen-bond donors (Lipinski definition) is 2. The fraction of sp³-hybridized carbons (Fsp3) is 0.0714. The van der Waals surface area contributed by atoms with Gasteiger partial charge in [-0.25, -0.2) is 4.79 Å². The average Bonchev–Trinajstić information content (AvgIpc) is 2.29. The van der Waals surface area contributed by atoms with Crippen molar-refractivity contribution in [3.8, 4) is 11.5 Å². The third kappa shape index (κ3) is 1.43. The van der Waals surface area contributed by atoms with E-state index in [0.717, 1.165) is 10.9 Å². The maximum absolute atomic E-state index is 11.8. The summed E-state index contributed by atoms with van der Waals surface area (Å²) in [7, 11) is 0. The third-order valence-corrected chi connectivity index (χ3v) is 2.98. The number of fused-ring (bicyclic) bond motifs is 3. The van der Waals surface area contributed by atoms with E-state index in [2.05, 4.69) is 0 Å². The second kappa shape index (κ2) is 3.50. The first-order chi connectivity index (χ1) is 8.56. The predicted molar refractivity (Wildman–Crippen MR) is 68.1 cm³/mol. The summed E-state index contributed by atoms with van der Waals surface area (Å²) >= 11 is 0. The fourth-order valence-electron chi connectivity index (χ4n) is 2.24. The summed E-state index contributed by atoms with van der Waals surface area (Å²) in [5.74, 6) is 0.0758. The highest BCUT2D eigenvalue weighted by molar-refractivity contribution is 6.06. The number of hydrogen-bond acceptors (Lipinski definition) is 4. The predicted octanol–water partition coefficient (Wildman–Crippen LogP) is 2.67. The largest absolute Gasteiger partial charge is 0.508 e. The van der Waals surface area contributed by atoms with Crippen molar-refractivity contribution < 1.29 is 14.6 Å². The van der Waals surface area contributed by atoms with E-state index in [9.17, 15) is 15.0 Å². The molecular formula is C14H10O4. The van der Waals surface area contributed by atoms with Gasteiger partial charge in [-0.1, -0.05) is 0 Å². The standard InChI is InChI=1S/C14H10O4/c1-7-4-9(16)6-12-13(7)10-3-2-8(15)5-11(10)14(17)18-12/h2-6,15-16H,1H3. The zero-order chi connectivity index (χ0) is 12.9. The second-order valence-corrected chi connectivity index (χ2v) is 4.26. The second-order valence-electron chi connectivity index (χ2n) is 4.26. The molecule has 0 atom stereocenters. The van der Waals surface area contributed by atoms with Gasteiger partial charge in [-0.15, -0.1) is 0 Å². The quantitative estimate of drug-likeness (QED) is 0.469. The van der Waals surface area contributed by atoms with Gasteiger partial charge in [0.25, 0.3) is 0 Å². The van der Waals surface area contributed by atoms with Gasteiger partial charge in [-0.3, -0.25) is 0 Å². The maximum Gasteiger partial charge on any atom is 0.344 e. The number of benzene rings is 2. The van der Waals surface area contributed by atoms with E-state index in [0.29, 0.717) is 16.4 Å². The van der Waals surface area contributed by atoms with Crippen molar-refractivity contribution >= 4 is 21.7 Å². The van der Waals surface area contributed by atoms with Crippen LogP contribution in [0.3, 0.4) is 0 Å². The van der Waals surface area contributed by atoms with Crippen LogP contribution in [0.15, 0.2) is 39.5 Å². The monoisotopic (exact) mass is 242 g/mol. The van der Waals surface area contributed by atoms with Crippen molar-refractivity contribution in [1.29, 1.82) is 0 Å². The number of aryl methyl sites for hydroxylation is 1. The van der Waals surface area contributed by atoms with Crippen LogP contribution in [-0.4, -0.2) is 10.2 Å². The molecule has 4 heteroatoms. The molecule has 0 spiro atoms. The number of aromatic hydroxyl groups is 2. The molecule has 4 nitrogen and oxygen atoms in total. The first-order valence-corrected chi connectivity index (χ1v) is 5.45. The first-order valence-electron chi connectivity index (χ1n) is 5.45. The Kier molecular flexibility index (Phi) is 2.07. The maximum atomic E-state index is 11.8. The number of phenolic OH excluding ortho intramolecular Hbond substituents is 2. The smallest absolute Gasteiger partial charge is 0.344 e. The zero-order valence-corrected chi connectivity index (χ0v) is 9.60. The Balaban J connectivity index is 2.65. The molecule has 90 valence electrons. The van der Waals surface area contributed by atoms with Crippen molar-refractivity contribution in [2.45, 2.75) is 6.92 Å². The van der Waals surface area contributed by atoms with Gasteiger partial charge in [0.15, 0.2) is 0 Å². The van der Waals surface area contributed by atoms with Crippen molar-refractivity contribution in [2.75, 3.05) is 0 Å². The van der Waals surface area contributed by atoms with Gasteiger partial charge >= 0.3 is 5.63 Å². The molecule has 0 saturated carbocycles. The lowest BCUT2D eigenvalue weighted by atomic mass is 10.0. The van der Waals surface area contributed by atoms with Crippen LogP contribution in [0, 0.1) is 6.92 Å². The van der Waals surface area contributed by atoms with Crippen molar-refractivity contribution in [3.05, 3.63) is 46.3 Å². The molecule has 3 rings (SSSR count). The van der Waals surface area contributed by atoms with Crippen LogP contribution >= 0.6 is 0 Å². The highest BCUT2D eigenvalue weighted by Crippen LogP contribution is 2.30. The Bertz CT molecular complexity index is 830. The van der Waals surface area contributed by atoms with Crippen molar-refractivity contribution in [2.24, 2.45) is 0 Å². The van der Waals surface area contributed by atoms with Crippen LogP contribution in [0.5, 0.6) is 11.5 Å². The van der Waals surface area contributed by atoms with E-state index in [1.54, 1.807) is 12.1 Å². The molecule has 18 heavy (non-hydrogen) atoms. The van der Waals surface area contributed by atoms with Gasteiger partial charge in [0, 0.05) is 16.8 Å². The summed E-state index contributed by atoms with van der Waals surface area (Å²) in [6.45, 7) is 1.83. The van der Waals surface area contributed by atoms with E-state index in [4.69, 9.17) is 4.42 Å². The fourth-order valence-corrected chi connectivity index (χ4v) is 2.24. The molecule has 0 aliphatic rings. The van der Waals surface area contributed by atoms with E-state index in [1.807, 2.05) is 6.92 Å². The normalized spacial score (nSPS) is 11.2. The lowest BCUT2D eigenvalue weighted by molar-refractivity contribution is 0.472. The molecule has 0 bridgehead atoms. The lowest BCUT2D eigenvalue weighted by Gasteiger charge is -2.06. The van der Waals surface area contributed by atoms with Crippen LogP contribution in [0.4, 0.5) is 0 Å². The minimum atomic E-state index is -0.529. The number of phenols is 2. The van der Waals surface area contributed by atoms with E-state index in [1.165, 1.54) is 18.2 Å².